The van der Waals surface area contributed by atoms with Crippen molar-refractivity contribution in [2.24, 2.45) is 29.6 Å². The van der Waals surface area contributed by atoms with Crippen molar-refractivity contribution in [3.63, 3.8) is 0 Å². The van der Waals surface area contributed by atoms with Crippen LogP contribution in [0.15, 0.2) is 36.5 Å². The number of carboxylic acids is 1. The van der Waals surface area contributed by atoms with Crippen molar-refractivity contribution in [2.75, 3.05) is 0 Å². The lowest BCUT2D eigenvalue weighted by Gasteiger charge is -2.48. The molecule has 0 aliphatic heterocycles. The number of carbonyl (C=O) groups is 1. The summed E-state index contributed by atoms with van der Waals surface area (Å²) in [7, 11) is 0. The summed E-state index contributed by atoms with van der Waals surface area (Å²) < 4.78 is 0. The van der Waals surface area contributed by atoms with Crippen LogP contribution in [0.25, 0.3) is 0 Å². The van der Waals surface area contributed by atoms with Gasteiger partial charge in [0.2, 0.25) is 0 Å². The molecule has 0 spiro atoms. The lowest BCUT2D eigenvalue weighted by atomic mass is 9.58. The zero-order valence-electron chi connectivity index (χ0n) is 13.1. The molecule has 3 heteroatoms. The van der Waals surface area contributed by atoms with Crippen molar-refractivity contribution < 1.29 is 15.0 Å². The Hall–Kier alpha value is -1.35. The van der Waals surface area contributed by atoms with E-state index in [0.29, 0.717) is 29.6 Å². The topological polar surface area (TPSA) is 57.5 Å². The summed E-state index contributed by atoms with van der Waals surface area (Å²) in [6.07, 6.45) is 12.9. The van der Waals surface area contributed by atoms with Gasteiger partial charge in [0.25, 0.3) is 0 Å². The molecule has 2 aliphatic rings. The highest BCUT2D eigenvalue weighted by Gasteiger charge is 2.44. The Bertz CT molecular complexity index is 473. The maximum Gasteiger partial charge on any atom is 0.328 e. The fourth-order valence-corrected chi connectivity index (χ4v) is 4.27. The number of hydrogen-bond donors (Lipinski definition) is 2. The maximum absolute atomic E-state index is 10.5. The molecule has 1 fully saturated rings. The molecule has 2 rings (SSSR count). The van der Waals surface area contributed by atoms with E-state index < -0.39 is 11.6 Å². The molecule has 0 unspecified atom stereocenters. The van der Waals surface area contributed by atoms with Gasteiger partial charge < -0.3 is 10.2 Å². The van der Waals surface area contributed by atoms with Gasteiger partial charge in [-0.2, -0.15) is 0 Å². The number of fused-ring (bicyclic) bond motifs is 1. The van der Waals surface area contributed by atoms with Crippen molar-refractivity contribution in [1.82, 2.24) is 0 Å². The Morgan fingerprint density at radius 3 is 2.62 bits per heavy atom. The number of allylic oxidation sites excluding steroid dienone is 5. The molecule has 0 saturated heterocycles. The van der Waals surface area contributed by atoms with Gasteiger partial charge in [0.05, 0.1) is 5.60 Å². The fraction of sp³-hybridized carbons (Fsp3) is 0.611. The predicted molar refractivity (Wildman–Crippen MR) is 83.7 cm³/mol. The predicted octanol–water partition coefficient (Wildman–Crippen LogP) is 3.42. The first kappa shape index (κ1) is 16.0. The van der Waals surface area contributed by atoms with Crippen LogP contribution in [0.5, 0.6) is 0 Å². The third-order valence-electron chi connectivity index (χ3n) is 4.99. The van der Waals surface area contributed by atoms with E-state index in [0.717, 1.165) is 18.9 Å². The van der Waals surface area contributed by atoms with Crippen molar-refractivity contribution in [2.45, 2.75) is 39.2 Å². The molecular weight excluding hydrogens is 264 g/mol. The quantitative estimate of drug-likeness (QED) is 0.476. The first-order valence-electron chi connectivity index (χ1n) is 7.78. The molecule has 0 aromatic heterocycles. The van der Waals surface area contributed by atoms with E-state index >= 15 is 0 Å². The van der Waals surface area contributed by atoms with E-state index in [1.165, 1.54) is 0 Å². The Labute approximate surface area is 127 Å². The highest BCUT2D eigenvalue weighted by Crippen LogP contribution is 2.49. The van der Waals surface area contributed by atoms with E-state index in [1.807, 2.05) is 13.0 Å². The fourth-order valence-electron chi connectivity index (χ4n) is 4.27. The summed E-state index contributed by atoms with van der Waals surface area (Å²) in [6.45, 7) is 6.37. The molecular formula is C18H26O3. The molecule has 0 heterocycles. The standard InChI is InChI=1S/C18H26O3/c1-12-8-9-14-11-18(3,21)10-13(2)17(14)15(12)6-4-5-7-16(19)20/h4-9,12-15,17,21H,10-11H2,1-3H3,(H,19,20)/b6-4+,7-5+/t12-,13+,14-,15-,17-,18+/m0/s1. The van der Waals surface area contributed by atoms with Gasteiger partial charge >= 0.3 is 5.97 Å². The van der Waals surface area contributed by atoms with Crippen LogP contribution in [0.4, 0.5) is 0 Å². The minimum absolute atomic E-state index is 0.407. The Morgan fingerprint density at radius 2 is 1.95 bits per heavy atom. The summed E-state index contributed by atoms with van der Waals surface area (Å²) in [5.41, 5.74) is -0.566. The summed E-state index contributed by atoms with van der Waals surface area (Å²) in [5, 5.41) is 19.0. The van der Waals surface area contributed by atoms with Crippen LogP contribution in [-0.4, -0.2) is 21.8 Å². The molecule has 0 aromatic carbocycles. The van der Waals surface area contributed by atoms with Crippen LogP contribution in [0, 0.1) is 29.6 Å². The van der Waals surface area contributed by atoms with Gasteiger partial charge in [-0.3, -0.25) is 0 Å². The summed E-state index contributed by atoms with van der Waals surface area (Å²) in [6, 6.07) is 0. The molecule has 0 aromatic rings. The third-order valence-corrected chi connectivity index (χ3v) is 4.99. The third kappa shape index (κ3) is 3.85. The SMILES string of the molecule is C[C@@H]1C[C@@](C)(O)C[C@@H]2C=C[C@H](C)[C@H](/C=C/C=C/C(=O)O)[C@@H]12. The van der Waals surface area contributed by atoms with Gasteiger partial charge in [0, 0.05) is 6.08 Å². The van der Waals surface area contributed by atoms with Crippen LogP contribution >= 0.6 is 0 Å². The van der Waals surface area contributed by atoms with E-state index in [2.05, 4.69) is 32.1 Å². The minimum Gasteiger partial charge on any atom is -0.478 e. The highest BCUT2D eigenvalue weighted by molar-refractivity contribution is 5.80. The molecule has 0 radical (unpaired) electrons. The summed E-state index contributed by atoms with van der Waals surface area (Å²) in [5.74, 6) is 1.34. The number of rotatable bonds is 3. The molecule has 2 aliphatic carbocycles. The number of aliphatic hydroxyl groups is 1. The number of carboxylic acid groups (broad SMARTS) is 1. The molecule has 0 amide bonds. The first-order valence-corrected chi connectivity index (χ1v) is 7.78. The molecule has 3 nitrogen and oxygen atoms in total. The van der Waals surface area contributed by atoms with Crippen LogP contribution in [0.3, 0.4) is 0 Å². The van der Waals surface area contributed by atoms with E-state index in [9.17, 15) is 9.90 Å². The second-order valence-corrected chi connectivity index (χ2v) is 7.03. The smallest absolute Gasteiger partial charge is 0.328 e. The zero-order chi connectivity index (χ0) is 15.6. The van der Waals surface area contributed by atoms with Crippen molar-refractivity contribution in [3.05, 3.63) is 36.5 Å². The Morgan fingerprint density at radius 1 is 1.24 bits per heavy atom. The van der Waals surface area contributed by atoms with Crippen LogP contribution in [-0.2, 0) is 4.79 Å². The van der Waals surface area contributed by atoms with Crippen LogP contribution < -0.4 is 0 Å². The second kappa shape index (κ2) is 6.18. The minimum atomic E-state index is -0.920. The average molecular weight is 290 g/mol. The maximum atomic E-state index is 10.5. The van der Waals surface area contributed by atoms with Gasteiger partial charge in [-0.1, -0.05) is 44.2 Å². The monoisotopic (exact) mass is 290 g/mol. The summed E-state index contributed by atoms with van der Waals surface area (Å²) >= 11 is 0. The van der Waals surface area contributed by atoms with E-state index in [1.54, 1.807) is 6.08 Å². The zero-order valence-corrected chi connectivity index (χ0v) is 13.1. The van der Waals surface area contributed by atoms with Crippen molar-refractivity contribution in [1.29, 1.82) is 0 Å². The second-order valence-electron chi connectivity index (χ2n) is 7.03. The van der Waals surface area contributed by atoms with E-state index in [4.69, 9.17) is 5.11 Å². The van der Waals surface area contributed by atoms with Gasteiger partial charge in [-0.15, -0.1) is 0 Å². The average Bonchev–Trinajstić information content (AvgIpc) is 2.35. The lowest BCUT2D eigenvalue weighted by molar-refractivity contribution is -0.131. The molecule has 6 atom stereocenters. The van der Waals surface area contributed by atoms with Crippen molar-refractivity contribution >= 4 is 5.97 Å². The molecule has 1 saturated carbocycles. The van der Waals surface area contributed by atoms with Crippen molar-refractivity contribution in [3.8, 4) is 0 Å². The molecule has 2 N–H and O–H groups in total. The summed E-state index contributed by atoms with van der Waals surface area (Å²) in [4.78, 5) is 10.5. The first-order chi connectivity index (χ1) is 9.80. The highest BCUT2D eigenvalue weighted by atomic mass is 16.4. The van der Waals surface area contributed by atoms with Gasteiger partial charge in [-0.05, 0) is 49.4 Å². The lowest BCUT2D eigenvalue weighted by Crippen LogP contribution is -2.45. The van der Waals surface area contributed by atoms with Crippen LogP contribution in [0.1, 0.15) is 33.6 Å². The van der Waals surface area contributed by atoms with Gasteiger partial charge in [-0.25, -0.2) is 4.79 Å². The number of hydrogen-bond acceptors (Lipinski definition) is 2. The normalized spacial score (nSPS) is 43.3. The molecule has 116 valence electrons. The molecule has 0 bridgehead atoms. The number of aliphatic carboxylic acids is 1. The van der Waals surface area contributed by atoms with E-state index in [-0.39, 0.29) is 0 Å². The Balaban J connectivity index is 2.17. The largest absolute Gasteiger partial charge is 0.478 e. The van der Waals surface area contributed by atoms with Gasteiger partial charge in [0.15, 0.2) is 0 Å². The van der Waals surface area contributed by atoms with Gasteiger partial charge in [0.1, 0.15) is 0 Å². The van der Waals surface area contributed by atoms with Crippen LogP contribution in [0.2, 0.25) is 0 Å². The Kier molecular flexibility index (Phi) is 4.72. The molecule has 21 heavy (non-hydrogen) atoms.